The van der Waals surface area contributed by atoms with Gasteiger partial charge in [-0.2, -0.15) is 13.2 Å². The van der Waals surface area contributed by atoms with Crippen molar-refractivity contribution in [3.05, 3.63) is 74.7 Å². The van der Waals surface area contributed by atoms with Gasteiger partial charge in [0.2, 0.25) is 11.9 Å². The normalized spacial score (nSPS) is 14.5. The van der Waals surface area contributed by atoms with Crippen LogP contribution in [-0.2, 0) is 27.4 Å². The highest BCUT2D eigenvalue weighted by molar-refractivity contribution is 7.90. The van der Waals surface area contributed by atoms with Crippen molar-refractivity contribution in [1.29, 1.82) is 0 Å². The summed E-state index contributed by atoms with van der Waals surface area (Å²) < 4.78 is 73.1. The first-order chi connectivity index (χ1) is 21.0. The van der Waals surface area contributed by atoms with E-state index < -0.39 is 45.9 Å². The van der Waals surface area contributed by atoms with Crippen molar-refractivity contribution in [3.63, 3.8) is 0 Å². The van der Waals surface area contributed by atoms with E-state index in [1.165, 1.54) is 36.8 Å². The molecule has 1 amide bonds. The minimum atomic E-state index is -4.54. The van der Waals surface area contributed by atoms with Gasteiger partial charge in [-0.15, -0.1) is 11.3 Å². The number of amides is 1. The maximum atomic E-state index is 13.1. The summed E-state index contributed by atoms with van der Waals surface area (Å²) in [7, 11) is -2.57. The van der Waals surface area contributed by atoms with Crippen LogP contribution >= 0.6 is 11.3 Å². The third-order valence-electron chi connectivity index (χ3n) is 7.12. The Morgan fingerprint density at radius 2 is 1.91 bits per heavy atom. The monoisotopic (exact) mass is 670 g/mol. The van der Waals surface area contributed by atoms with E-state index in [0.29, 0.717) is 27.4 Å². The van der Waals surface area contributed by atoms with Crippen molar-refractivity contribution in [2.45, 2.75) is 69.3 Å². The van der Waals surface area contributed by atoms with Crippen molar-refractivity contribution >= 4 is 33.2 Å². The topological polar surface area (TPSA) is 182 Å². The number of aliphatic imine (C=N–C) groups is 1. The fraction of sp³-hybridized carbons (Fsp3) is 0.414. The van der Waals surface area contributed by atoms with Gasteiger partial charge in [-0.3, -0.25) is 9.79 Å². The number of benzene rings is 2. The highest BCUT2D eigenvalue weighted by Gasteiger charge is 2.31. The molecule has 0 saturated heterocycles. The van der Waals surface area contributed by atoms with Crippen LogP contribution in [0.3, 0.4) is 0 Å². The second-order valence-corrected chi connectivity index (χ2v) is 13.0. The molecule has 16 heteroatoms. The number of aryl methyl sites for hydroxylation is 1. The molecule has 45 heavy (non-hydrogen) atoms. The van der Waals surface area contributed by atoms with Gasteiger partial charge in [-0.1, -0.05) is 18.2 Å². The summed E-state index contributed by atoms with van der Waals surface area (Å²) in [5.41, 5.74) is 12.9. The number of alkyl halides is 3. The summed E-state index contributed by atoms with van der Waals surface area (Å²) in [5, 5.41) is 15.6. The van der Waals surface area contributed by atoms with Crippen molar-refractivity contribution in [3.8, 4) is 5.75 Å². The predicted octanol–water partition coefficient (Wildman–Crippen LogP) is 3.26. The van der Waals surface area contributed by atoms with Crippen molar-refractivity contribution in [1.82, 2.24) is 15.0 Å². The van der Waals surface area contributed by atoms with Gasteiger partial charge in [0.15, 0.2) is 0 Å². The molecule has 3 atom stereocenters. The maximum Gasteiger partial charge on any atom is 0.416 e. The van der Waals surface area contributed by atoms with Crippen LogP contribution in [0.4, 0.5) is 13.2 Å². The number of carbonyl (C=O) groups is 1. The summed E-state index contributed by atoms with van der Waals surface area (Å²) in [6, 6.07) is 4.09. The number of carbonyl (C=O) groups excluding carboxylic acids is 1. The standard InChI is InChI=1S/C29H37F3N6O5S2/c1-16-13-23(43-4)17(2)18(3)25(16)45(41,42)38-28(34)36-10-6-9-22(24(39)27-35-11-12-44-27)37-26(40)21(33)15-19-7-5-8-20(14-19)29(30,31)32/h5,7-8,11-14,21-22,24,39H,6,9-10,15,33H2,1-4H3,(H,37,40)(H3,34,36,38)/t21-,22-,24?/m0/s1. The molecule has 1 aromatic heterocycles. The predicted molar refractivity (Wildman–Crippen MR) is 165 cm³/mol. The zero-order valence-electron chi connectivity index (χ0n) is 25.2. The second-order valence-electron chi connectivity index (χ2n) is 10.4. The van der Waals surface area contributed by atoms with Crippen LogP contribution in [0.15, 0.2) is 51.8 Å². The van der Waals surface area contributed by atoms with Gasteiger partial charge in [0.1, 0.15) is 16.9 Å². The Bertz CT molecular complexity index is 1610. The number of aliphatic hydroxyl groups excluding tert-OH is 1. The Hall–Kier alpha value is -3.73. The van der Waals surface area contributed by atoms with Crippen LogP contribution in [0.25, 0.3) is 0 Å². The zero-order valence-corrected chi connectivity index (χ0v) is 26.8. The van der Waals surface area contributed by atoms with E-state index in [0.717, 1.165) is 12.1 Å². The number of ether oxygens (including phenoxy) is 1. The van der Waals surface area contributed by atoms with Gasteiger partial charge in [-0.05, 0) is 74.4 Å². The first-order valence-electron chi connectivity index (χ1n) is 13.8. The van der Waals surface area contributed by atoms with E-state index in [9.17, 15) is 31.5 Å². The van der Waals surface area contributed by atoms with Gasteiger partial charge in [0.05, 0.1) is 29.7 Å². The molecule has 0 aliphatic rings. The first-order valence-corrected chi connectivity index (χ1v) is 16.2. The quantitative estimate of drug-likeness (QED) is 0.104. The number of guanidine groups is 1. The fourth-order valence-electron chi connectivity index (χ4n) is 4.75. The van der Waals surface area contributed by atoms with Crippen LogP contribution in [0.5, 0.6) is 5.75 Å². The molecule has 0 saturated carbocycles. The molecule has 0 radical (unpaired) electrons. The maximum absolute atomic E-state index is 13.1. The van der Waals surface area contributed by atoms with Crippen LogP contribution in [0.1, 0.15) is 51.8 Å². The number of nitrogens with zero attached hydrogens (tertiary/aromatic N) is 2. The van der Waals surface area contributed by atoms with Crippen LogP contribution < -0.4 is 26.2 Å². The number of sulfonamides is 1. The SMILES string of the molecule is COc1cc(C)c(S(=O)(=O)NC(N)=NCCC[C@H](NC(=O)[C@@H](N)Cc2cccc(C(F)(F)F)c2)C(O)c2nccs2)c(C)c1C. The summed E-state index contributed by atoms with van der Waals surface area (Å²) in [4.78, 5) is 21.2. The van der Waals surface area contributed by atoms with Gasteiger partial charge in [0.25, 0.3) is 10.0 Å². The van der Waals surface area contributed by atoms with E-state index in [2.05, 4.69) is 20.0 Å². The number of nitrogens with two attached hydrogens (primary N) is 2. The number of hydrogen-bond donors (Lipinski definition) is 5. The molecule has 1 heterocycles. The van der Waals surface area contributed by atoms with E-state index in [4.69, 9.17) is 16.2 Å². The fourth-order valence-corrected chi connectivity index (χ4v) is 6.92. The number of aliphatic hydroxyl groups is 1. The van der Waals surface area contributed by atoms with Crippen molar-refractivity contribution in [2.24, 2.45) is 16.5 Å². The lowest BCUT2D eigenvalue weighted by Gasteiger charge is -2.24. The number of methoxy groups -OCH3 is 1. The molecule has 0 spiro atoms. The lowest BCUT2D eigenvalue weighted by Crippen LogP contribution is -2.48. The first kappa shape index (κ1) is 35.7. The lowest BCUT2D eigenvalue weighted by molar-refractivity contribution is -0.137. The summed E-state index contributed by atoms with van der Waals surface area (Å²) in [5.74, 6) is -0.459. The van der Waals surface area contributed by atoms with E-state index >= 15 is 0 Å². The lowest BCUT2D eigenvalue weighted by atomic mass is 10.0. The molecule has 3 rings (SSSR count). The number of thiazole rings is 1. The summed E-state index contributed by atoms with van der Waals surface area (Å²) in [6.45, 7) is 5.10. The van der Waals surface area contributed by atoms with E-state index in [-0.39, 0.29) is 42.2 Å². The van der Waals surface area contributed by atoms with E-state index in [1.807, 2.05) is 0 Å². The molecule has 11 nitrogen and oxygen atoms in total. The minimum absolute atomic E-state index is 0.0429. The van der Waals surface area contributed by atoms with Crippen molar-refractivity contribution < 1.29 is 36.2 Å². The van der Waals surface area contributed by atoms with Gasteiger partial charge >= 0.3 is 6.18 Å². The number of nitrogens with one attached hydrogen (secondary N) is 2. The molecular weight excluding hydrogens is 633 g/mol. The van der Waals surface area contributed by atoms with Gasteiger partial charge < -0.3 is 26.6 Å². The molecule has 7 N–H and O–H groups in total. The van der Waals surface area contributed by atoms with Gasteiger partial charge in [-0.25, -0.2) is 18.1 Å². The molecule has 0 aliphatic carbocycles. The number of rotatable bonds is 13. The van der Waals surface area contributed by atoms with E-state index in [1.54, 1.807) is 32.2 Å². The molecule has 0 aliphatic heterocycles. The van der Waals surface area contributed by atoms with Crippen molar-refractivity contribution in [2.75, 3.05) is 13.7 Å². The number of halogens is 3. The summed E-state index contributed by atoms with van der Waals surface area (Å²) in [6.07, 6.45) is -3.99. The third kappa shape index (κ3) is 9.39. The Morgan fingerprint density at radius 3 is 2.53 bits per heavy atom. The largest absolute Gasteiger partial charge is 0.496 e. The molecular formula is C29H37F3N6O5S2. The van der Waals surface area contributed by atoms with Crippen LogP contribution in [0.2, 0.25) is 0 Å². The molecule has 0 bridgehead atoms. The average Bonchev–Trinajstić information content (AvgIpc) is 3.50. The molecule has 246 valence electrons. The number of hydrogen-bond acceptors (Lipinski definition) is 9. The summed E-state index contributed by atoms with van der Waals surface area (Å²) >= 11 is 1.17. The third-order valence-corrected chi connectivity index (χ3v) is 9.61. The Labute approximate surface area is 264 Å². The highest BCUT2D eigenvalue weighted by Crippen LogP contribution is 2.31. The Kier molecular flexibility index (Phi) is 11.9. The number of aromatic nitrogens is 1. The zero-order chi connectivity index (χ0) is 33.5. The van der Waals surface area contributed by atoms with Crippen LogP contribution in [-0.4, -0.2) is 56.1 Å². The highest BCUT2D eigenvalue weighted by atomic mass is 32.2. The molecule has 2 aromatic carbocycles. The smallest absolute Gasteiger partial charge is 0.416 e. The molecule has 0 fully saturated rings. The average molecular weight is 671 g/mol. The minimum Gasteiger partial charge on any atom is -0.496 e. The Morgan fingerprint density at radius 1 is 1.20 bits per heavy atom. The second kappa shape index (κ2) is 15.0. The molecule has 3 aromatic rings. The Balaban J connectivity index is 1.66. The molecule has 1 unspecified atom stereocenters. The van der Waals surface area contributed by atoms with Crippen LogP contribution in [0, 0.1) is 20.8 Å². The van der Waals surface area contributed by atoms with Gasteiger partial charge in [0, 0.05) is 18.1 Å².